The van der Waals surface area contributed by atoms with Crippen LogP contribution in [0.3, 0.4) is 0 Å². The van der Waals surface area contributed by atoms with Gasteiger partial charge in [0.1, 0.15) is 0 Å². The van der Waals surface area contributed by atoms with Crippen molar-refractivity contribution in [2.45, 2.75) is 51.4 Å². The first kappa shape index (κ1) is 14.0. The molecule has 112 valence electrons. The van der Waals surface area contributed by atoms with Crippen molar-refractivity contribution in [1.82, 2.24) is 15.1 Å². The van der Waals surface area contributed by atoms with Gasteiger partial charge in [-0.2, -0.15) is 4.98 Å². The van der Waals surface area contributed by atoms with Crippen LogP contribution in [0.1, 0.15) is 57.2 Å². The maximum atomic E-state index is 5.90. The molecule has 0 spiro atoms. The zero-order valence-electron chi connectivity index (χ0n) is 12.5. The van der Waals surface area contributed by atoms with Crippen molar-refractivity contribution >= 4 is 5.69 Å². The van der Waals surface area contributed by atoms with E-state index in [0.717, 1.165) is 24.6 Å². The minimum Gasteiger partial charge on any atom is -0.397 e. The average Bonchev–Trinajstić information content (AvgIpc) is 2.98. The Morgan fingerprint density at radius 1 is 1.29 bits per heavy atom. The molecule has 1 saturated carbocycles. The highest BCUT2D eigenvalue weighted by Crippen LogP contribution is 2.37. The molecule has 0 aliphatic heterocycles. The van der Waals surface area contributed by atoms with Crippen molar-refractivity contribution in [2.24, 2.45) is 5.92 Å². The highest BCUT2D eigenvalue weighted by molar-refractivity contribution is 5.65. The van der Waals surface area contributed by atoms with E-state index in [4.69, 9.17) is 10.3 Å². The highest BCUT2D eigenvalue weighted by atomic mass is 16.5. The van der Waals surface area contributed by atoms with E-state index in [-0.39, 0.29) is 0 Å². The van der Waals surface area contributed by atoms with Gasteiger partial charge in [-0.3, -0.25) is 0 Å². The van der Waals surface area contributed by atoms with Gasteiger partial charge in [0.25, 0.3) is 5.89 Å². The fraction of sp³-hybridized carbons (Fsp3) is 0.562. The molecule has 1 aliphatic carbocycles. The molecule has 5 heteroatoms. The molecule has 0 unspecified atom stereocenters. The van der Waals surface area contributed by atoms with Crippen LogP contribution < -0.4 is 5.73 Å². The van der Waals surface area contributed by atoms with Crippen LogP contribution in [0.15, 0.2) is 22.9 Å². The SMILES string of the molecule is CCCC1CCC(c2noc(-c3ncccc3N)n2)CC1. The highest BCUT2D eigenvalue weighted by Gasteiger charge is 2.26. The monoisotopic (exact) mass is 286 g/mol. The molecule has 0 atom stereocenters. The summed E-state index contributed by atoms with van der Waals surface area (Å²) in [5.74, 6) is 2.54. The number of hydrogen-bond acceptors (Lipinski definition) is 5. The summed E-state index contributed by atoms with van der Waals surface area (Å²) in [6.45, 7) is 2.26. The largest absolute Gasteiger partial charge is 0.397 e. The summed E-state index contributed by atoms with van der Waals surface area (Å²) in [6, 6.07) is 3.59. The topological polar surface area (TPSA) is 77.8 Å². The van der Waals surface area contributed by atoms with Gasteiger partial charge in [0.15, 0.2) is 11.5 Å². The number of nitrogen functional groups attached to an aromatic ring is 1. The molecule has 2 aromatic heterocycles. The van der Waals surface area contributed by atoms with Crippen LogP contribution in [-0.2, 0) is 0 Å². The normalized spacial score (nSPS) is 22.3. The molecular formula is C16H22N4O. The van der Waals surface area contributed by atoms with Crippen LogP contribution in [0.2, 0.25) is 0 Å². The third-order valence-electron chi connectivity index (χ3n) is 4.39. The number of nitrogens with zero attached hydrogens (tertiary/aromatic N) is 3. The Balaban J connectivity index is 1.70. The van der Waals surface area contributed by atoms with Gasteiger partial charge in [-0.05, 0) is 43.7 Å². The fourth-order valence-electron chi connectivity index (χ4n) is 3.21. The smallest absolute Gasteiger partial charge is 0.278 e. The lowest BCUT2D eigenvalue weighted by Crippen LogP contribution is -2.14. The van der Waals surface area contributed by atoms with Gasteiger partial charge in [0.05, 0.1) is 5.69 Å². The molecule has 21 heavy (non-hydrogen) atoms. The Bertz CT molecular complexity index is 587. The van der Waals surface area contributed by atoms with Crippen molar-refractivity contribution in [3.05, 3.63) is 24.2 Å². The molecule has 0 radical (unpaired) electrons. The van der Waals surface area contributed by atoms with Gasteiger partial charge in [-0.1, -0.05) is 24.9 Å². The Kier molecular flexibility index (Phi) is 4.18. The van der Waals surface area contributed by atoms with E-state index in [2.05, 4.69) is 22.0 Å². The number of rotatable bonds is 4. The van der Waals surface area contributed by atoms with Gasteiger partial charge in [0.2, 0.25) is 0 Å². The van der Waals surface area contributed by atoms with Gasteiger partial charge < -0.3 is 10.3 Å². The van der Waals surface area contributed by atoms with Crippen LogP contribution in [-0.4, -0.2) is 15.1 Å². The summed E-state index contributed by atoms with van der Waals surface area (Å²) < 4.78 is 5.36. The Morgan fingerprint density at radius 3 is 2.81 bits per heavy atom. The Morgan fingerprint density at radius 2 is 2.10 bits per heavy atom. The lowest BCUT2D eigenvalue weighted by molar-refractivity contribution is 0.296. The molecule has 2 N–H and O–H groups in total. The molecule has 0 bridgehead atoms. The fourth-order valence-corrected chi connectivity index (χ4v) is 3.21. The van der Waals surface area contributed by atoms with E-state index in [9.17, 15) is 0 Å². The van der Waals surface area contributed by atoms with Gasteiger partial charge in [-0.15, -0.1) is 0 Å². The minimum atomic E-state index is 0.417. The third-order valence-corrected chi connectivity index (χ3v) is 4.39. The van der Waals surface area contributed by atoms with E-state index in [1.807, 2.05) is 0 Å². The van der Waals surface area contributed by atoms with E-state index in [1.165, 1.54) is 25.7 Å². The molecule has 2 heterocycles. The van der Waals surface area contributed by atoms with E-state index < -0.39 is 0 Å². The molecule has 1 aliphatic rings. The number of hydrogen-bond donors (Lipinski definition) is 1. The van der Waals surface area contributed by atoms with Crippen molar-refractivity contribution in [1.29, 1.82) is 0 Å². The van der Waals surface area contributed by atoms with Crippen LogP contribution in [0.4, 0.5) is 5.69 Å². The first-order chi connectivity index (χ1) is 10.3. The van der Waals surface area contributed by atoms with Gasteiger partial charge in [0, 0.05) is 12.1 Å². The molecule has 3 rings (SSSR count). The van der Waals surface area contributed by atoms with Crippen molar-refractivity contribution in [3.8, 4) is 11.6 Å². The lowest BCUT2D eigenvalue weighted by atomic mass is 9.80. The maximum Gasteiger partial charge on any atom is 0.278 e. The van der Waals surface area contributed by atoms with Crippen molar-refractivity contribution in [3.63, 3.8) is 0 Å². The Labute approximate surface area is 125 Å². The minimum absolute atomic E-state index is 0.417. The summed E-state index contributed by atoms with van der Waals surface area (Å²) in [7, 11) is 0. The van der Waals surface area contributed by atoms with Gasteiger partial charge in [-0.25, -0.2) is 4.98 Å². The summed E-state index contributed by atoms with van der Waals surface area (Å²) in [5, 5.41) is 4.15. The first-order valence-electron chi connectivity index (χ1n) is 7.82. The summed E-state index contributed by atoms with van der Waals surface area (Å²) in [4.78, 5) is 8.74. The molecule has 0 saturated heterocycles. The van der Waals surface area contributed by atoms with Crippen molar-refractivity contribution < 1.29 is 4.52 Å². The molecule has 0 amide bonds. The summed E-state index contributed by atoms with van der Waals surface area (Å²) in [5.41, 5.74) is 7.05. The summed E-state index contributed by atoms with van der Waals surface area (Å²) >= 11 is 0. The van der Waals surface area contributed by atoms with Crippen LogP contribution in [0, 0.1) is 5.92 Å². The zero-order valence-corrected chi connectivity index (χ0v) is 12.5. The number of pyridine rings is 1. The second-order valence-corrected chi connectivity index (χ2v) is 5.91. The predicted molar refractivity (Wildman–Crippen MR) is 81.5 cm³/mol. The molecular weight excluding hydrogens is 264 g/mol. The number of nitrogens with two attached hydrogens (primary N) is 1. The second-order valence-electron chi connectivity index (χ2n) is 5.91. The van der Waals surface area contributed by atoms with E-state index >= 15 is 0 Å². The van der Waals surface area contributed by atoms with Crippen molar-refractivity contribution in [2.75, 3.05) is 5.73 Å². The molecule has 1 fully saturated rings. The number of anilines is 1. The molecule has 5 nitrogen and oxygen atoms in total. The predicted octanol–water partition coefficient (Wildman–Crippen LogP) is 3.79. The summed E-state index contributed by atoms with van der Waals surface area (Å²) in [6.07, 6.45) is 9.16. The Hall–Kier alpha value is -1.91. The standard InChI is InChI=1S/C16H22N4O/c1-2-4-11-6-8-12(9-7-11)15-19-16(21-20-15)14-13(17)5-3-10-18-14/h3,5,10-12H,2,4,6-9,17H2,1H3. The van der Waals surface area contributed by atoms with E-state index in [1.54, 1.807) is 18.3 Å². The van der Waals surface area contributed by atoms with Gasteiger partial charge >= 0.3 is 0 Å². The average molecular weight is 286 g/mol. The van der Waals surface area contributed by atoms with Crippen LogP contribution in [0.25, 0.3) is 11.6 Å². The quantitative estimate of drug-likeness (QED) is 0.925. The first-order valence-corrected chi connectivity index (χ1v) is 7.82. The molecule has 0 aromatic carbocycles. The number of aromatic nitrogens is 3. The third kappa shape index (κ3) is 3.06. The second kappa shape index (κ2) is 6.24. The zero-order chi connectivity index (χ0) is 14.7. The maximum absolute atomic E-state index is 5.90. The van der Waals surface area contributed by atoms with Crippen LogP contribution >= 0.6 is 0 Å². The molecule has 2 aromatic rings. The lowest BCUT2D eigenvalue weighted by Gasteiger charge is -2.26. The van der Waals surface area contributed by atoms with Crippen LogP contribution in [0.5, 0.6) is 0 Å². The van der Waals surface area contributed by atoms with E-state index in [0.29, 0.717) is 23.2 Å².